The van der Waals surface area contributed by atoms with E-state index in [9.17, 15) is 13.2 Å². The van der Waals surface area contributed by atoms with Crippen molar-refractivity contribution in [2.24, 2.45) is 0 Å². The molecule has 2 aromatic rings. The summed E-state index contributed by atoms with van der Waals surface area (Å²) in [7, 11) is -2.04. The maximum Gasteiger partial charge on any atom is 0.269 e. The van der Waals surface area contributed by atoms with Gasteiger partial charge in [0.15, 0.2) is 0 Å². The van der Waals surface area contributed by atoms with Gasteiger partial charge in [0.1, 0.15) is 10.6 Å². The fraction of sp³-hybridized carbons (Fsp3) is 0.400. The van der Waals surface area contributed by atoms with Crippen LogP contribution in [0.15, 0.2) is 59.5 Å². The second-order valence-electron chi connectivity index (χ2n) is 8.30. The number of carbonyl (C=O) groups excluding carboxylic acids is 1. The van der Waals surface area contributed by atoms with Gasteiger partial charge in [-0.05, 0) is 61.6 Å². The number of rotatable bonds is 8. The molecule has 2 aromatic carbocycles. The van der Waals surface area contributed by atoms with E-state index in [0.717, 1.165) is 48.8 Å². The monoisotopic (exact) mass is 454 g/mol. The highest BCUT2D eigenvalue weighted by atomic mass is 32.2. The van der Waals surface area contributed by atoms with Gasteiger partial charge in [-0.2, -0.15) is 0 Å². The molecule has 1 atom stereocenters. The van der Waals surface area contributed by atoms with Gasteiger partial charge in [-0.15, -0.1) is 0 Å². The van der Waals surface area contributed by atoms with E-state index in [1.54, 1.807) is 31.4 Å². The quantitative estimate of drug-likeness (QED) is 0.570. The number of hydrogen-bond acceptors (Lipinski definition) is 5. The van der Waals surface area contributed by atoms with Crippen molar-refractivity contribution < 1.29 is 17.9 Å². The van der Waals surface area contributed by atoms with Crippen LogP contribution in [-0.4, -0.2) is 56.3 Å². The average molecular weight is 455 g/mol. The molecule has 0 saturated carbocycles. The summed E-state index contributed by atoms with van der Waals surface area (Å²) in [6.07, 6.45) is 7.88. The van der Waals surface area contributed by atoms with Gasteiger partial charge >= 0.3 is 0 Å². The van der Waals surface area contributed by atoms with Crippen molar-refractivity contribution in [1.82, 2.24) is 9.21 Å². The van der Waals surface area contributed by atoms with Crippen molar-refractivity contribution in [3.8, 4) is 5.75 Å². The molecule has 0 bridgehead atoms. The summed E-state index contributed by atoms with van der Waals surface area (Å²) in [5, 5.41) is 0. The molecular weight excluding hydrogens is 424 g/mol. The number of carbonyl (C=O) groups is 1. The summed E-state index contributed by atoms with van der Waals surface area (Å²) in [6.45, 7) is 3.90. The molecule has 32 heavy (non-hydrogen) atoms. The Hall–Kier alpha value is -2.64. The van der Waals surface area contributed by atoms with Crippen LogP contribution < -0.4 is 4.74 Å². The molecule has 1 heterocycles. The Labute approximate surface area is 190 Å². The van der Waals surface area contributed by atoms with Crippen LogP contribution in [0.1, 0.15) is 41.3 Å². The van der Waals surface area contributed by atoms with E-state index in [2.05, 4.69) is 24.0 Å². The van der Waals surface area contributed by atoms with E-state index in [1.165, 1.54) is 17.2 Å². The van der Waals surface area contributed by atoms with Crippen molar-refractivity contribution in [1.29, 1.82) is 0 Å². The number of amides is 1. The highest BCUT2D eigenvalue weighted by Gasteiger charge is 2.40. The highest BCUT2D eigenvalue weighted by Crippen LogP contribution is 2.32. The topological polar surface area (TPSA) is 66.9 Å². The standard InChI is InChI=1S/C25H30N2O4S/c1-3-15-26(20-14-13-19-9-8-11-23(31-2)22(19)18-20)16-6-7-17-27-25(28)21-10-4-5-12-24(21)32(27,29)30/h4-12,20H,3,13-18H2,1-2H3. The lowest BCUT2D eigenvalue weighted by atomic mass is 9.86. The summed E-state index contributed by atoms with van der Waals surface area (Å²) in [4.78, 5) is 15.1. The number of nitrogens with zero attached hydrogens (tertiary/aromatic N) is 2. The van der Waals surface area contributed by atoms with E-state index in [4.69, 9.17) is 4.74 Å². The Morgan fingerprint density at radius 3 is 2.72 bits per heavy atom. The molecule has 0 saturated heterocycles. The minimum absolute atomic E-state index is 0.0527. The van der Waals surface area contributed by atoms with Crippen LogP contribution in [0.4, 0.5) is 0 Å². The van der Waals surface area contributed by atoms with Crippen LogP contribution >= 0.6 is 0 Å². The number of ether oxygens (including phenoxy) is 1. The first kappa shape index (κ1) is 22.6. The van der Waals surface area contributed by atoms with Gasteiger partial charge < -0.3 is 4.74 Å². The van der Waals surface area contributed by atoms with Crippen LogP contribution in [0.5, 0.6) is 5.75 Å². The molecule has 4 rings (SSSR count). The first-order chi connectivity index (χ1) is 15.5. The normalized spacial score (nSPS) is 19.4. The number of aryl methyl sites for hydroxylation is 1. The van der Waals surface area contributed by atoms with Crippen molar-refractivity contribution in [2.75, 3.05) is 26.7 Å². The second kappa shape index (κ2) is 9.46. The van der Waals surface area contributed by atoms with Crippen LogP contribution in [0.2, 0.25) is 0 Å². The molecule has 7 heteroatoms. The SMILES string of the molecule is CCCN(CC=CCN1C(=O)c2ccccc2S1(=O)=O)C1CCc2cccc(OC)c2C1. The summed E-state index contributed by atoms with van der Waals surface area (Å²) >= 11 is 0. The molecule has 6 nitrogen and oxygen atoms in total. The van der Waals surface area contributed by atoms with Gasteiger partial charge in [-0.25, -0.2) is 12.7 Å². The fourth-order valence-electron chi connectivity index (χ4n) is 4.74. The highest BCUT2D eigenvalue weighted by molar-refractivity contribution is 7.90. The first-order valence-electron chi connectivity index (χ1n) is 11.2. The van der Waals surface area contributed by atoms with Gasteiger partial charge in [0.25, 0.3) is 15.9 Å². The van der Waals surface area contributed by atoms with E-state index >= 15 is 0 Å². The minimum atomic E-state index is -3.76. The Kier molecular flexibility index (Phi) is 6.67. The van der Waals surface area contributed by atoms with Gasteiger partial charge in [-0.1, -0.05) is 43.3 Å². The summed E-state index contributed by atoms with van der Waals surface area (Å²) in [5.74, 6) is 0.503. The van der Waals surface area contributed by atoms with Crippen LogP contribution in [0.25, 0.3) is 0 Å². The predicted molar refractivity (Wildman–Crippen MR) is 124 cm³/mol. The molecule has 0 N–H and O–H groups in total. The lowest BCUT2D eigenvalue weighted by molar-refractivity contribution is 0.0880. The minimum Gasteiger partial charge on any atom is -0.496 e. The number of benzene rings is 2. The Morgan fingerprint density at radius 2 is 1.97 bits per heavy atom. The van der Waals surface area contributed by atoms with E-state index in [0.29, 0.717) is 6.04 Å². The van der Waals surface area contributed by atoms with Crippen LogP contribution in [0.3, 0.4) is 0 Å². The lowest BCUT2D eigenvalue weighted by Crippen LogP contribution is -2.40. The van der Waals surface area contributed by atoms with Gasteiger partial charge in [-0.3, -0.25) is 9.69 Å². The van der Waals surface area contributed by atoms with E-state index < -0.39 is 15.9 Å². The zero-order chi connectivity index (χ0) is 22.7. The van der Waals surface area contributed by atoms with E-state index in [-0.39, 0.29) is 17.0 Å². The molecule has 1 unspecified atom stereocenters. The van der Waals surface area contributed by atoms with Gasteiger partial charge in [0.05, 0.1) is 19.2 Å². The summed E-state index contributed by atoms with van der Waals surface area (Å²) in [5.41, 5.74) is 2.91. The average Bonchev–Trinajstić information content (AvgIpc) is 3.00. The Bertz CT molecular complexity index is 1110. The molecule has 0 aromatic heterocycles. The third-order valence-corrected chi connectivity index (χ3v) is 8.16. The number of sulfonamides is 1. The maximum atomic E-state index is 12.7. The smallest absolute Gasteiger partial charge is 0.269 e. The van der Waals surface area contributed by atoms with E-state index in [1.807, 2.05) is 12.1 Å². The first-order valence-corrected chi connectivity index (χ1v) is 12.6. The maximum absolute atomic E-state index is 12.7. The lowest BCUT2D eigenvalue weighted by Gasteiger charge is -2.35. The molecule has 2 aliphatic rings. The molecule has 170 valence electrons. The molecule has 1 amide bonds. The van der Waals surface area contributed by atoms with Crippen molar-refractivity contribution in [3.05, 3.63) is 71.3 Å². The number of fused-ring (bicyclic) bond motifs is 2. The predicted octanol–water partition coefficient (Wildman–Crippen LogP) is 3.67. The van der Waals surface area contributed by atoms with Gasteiger partial charge in [0, 0.05) is 12.6 Å². The third-order valence-electron chi connectivity index (χ3n) is 6.35. The van der Waals surface area contributed by atoms with Gasteiger partial charge in [0.2, 0.25) is 0 Å². The zero-order valence-electron chi connectivity index (χ0n) is 18.7. The summed E-state index contributed by atoms with van der Waals surface area (Å²) in [6, 6.07) is 13.1. The largest absolute Gasteiger partial charge is 0.496 e. The number of hydrogen-bond donors (Lipinski definition) is 0. The van der Waals surface area contributed by atoms with Crippen LogP contribution in [0, 0.1) is 0 Å². The molecule has 0 fully saturated rings. The van der Waals surface area contributed by atoms with Crippen molar-refractivity contribution in [2.45, 2.75) is 43.5 Å². The molecule has 1 aliphatic heterocycles. The Balaban J connectivity index is 1.42. The molecular formula is C25H30N2O4S. The van der Waals surface area contributed by atoms with Crippen LogP contribution in [-0.2, 0) is 22.9 Å². The molecule has 0 radical (unpaired) electrons. The second-order valence-corrected chi connectivity index (χ2v) is 10.1. The van der Waals surface area contributed by atoms with Crippen molar-refractivity contribution in [3.63, 3.8) is 0 Å². The zero-order valence-corrected chi connectivity index (χ0v) is 19.5. The molecule has 0 spiro atoms. The molecule has 1 aliphatic carbocycles. The number of methoxy groups -OCH3 is 1. The summed E-state index contributed by atoms with van der Waals surface area (Å²) < 4.78 is 31.9. The third kappa shape index (κ3) is 4.19. The Morgan fingerprint density at radius 1 is 1.16 bits per heavy atom. The van der Waals surface area contributed by atoms with Crippen molar-refractivity contribution >= 4 is 15.9 Å². The fourth-order valence-corrected chi connectivity index (χ4v) is 6.26.